The summed E-state index contributed by atoms with van der Waals surface area (Å²) < 4.78 is 0. The highest BCUT2D eigenvalue weighted by atomic mass is 16.4. The third-order valence-electron chi connectivity index (χ3n) is 4.87. The van der Waals surface area contributed by atoms with Gasteiger partial charge in [0.25, 0.3) is 0 Å². The molecule has 0 heterocycles. The second-order valence-corrected chi connectivity index (χ2v) is 6.65. The first-order valence-electron chi connectivity index (χ1n) is 9.06. The molecule has 0 aliphatic carbocycles. The van der Waals surface area contributed by atoms with Gasteiger partial charge in [-0.15, -0.1) is 0 Å². The van der Waals surface area contributed by atoms with E-state index in [0.29, 0.717) is 6.42 Å². The fraction of sp³-hybridized carbons (Fsp3) is 0.318. The number of carbonyl (C=O) groups excluding carboxylic acids is 2. The van der Waals surface area contributed by atoms with Crippen LogP contribution in [-0.4, -0.2) is 28.8 Å². The van der Waals surface area contributed by atoms with Crippen molar-refractivity contribution in [3.05, 3.63) is 71.8 Å². The van der Waals surface area contributed by atoms with Crippen molar-refractivity contribution >= 4 is 17.7 Å². The molecule has 2 N–H and O–H groups in total. The zero-order valence-corrected chi connectivity index (χ0v) is 15.6. The summed E-state index contributed by atoms with van der Waals surface area (Å²) >= 11 is 0. The molecule has 2 aromatic rings. The topological polar surface area (TPSA) is 83.5 Å². The Morgan fingerprint density at radius 3 is 1.85 bits per heavy atom. The van der Waals surface area contributed by atoms with E-state index in [2.05, 4.69) is 5.32 Å². The van der Waals surface area contributed by atoms with E-state index in [1.54, 1.807) is 13.8 Å². The third-order valence-corrected chi connectivity index (χ3v) is 4.87. The number of Topliss-reactive ketones (excluding diaryl/α,β-unsaturated/α-hetero) is 1. The van der Waals surface area contributed by atoms with E-state index in [1.165, 1.54) is 0 Å². The highest BCUT2D eigenvalue weighted by Gasteiger charge is 2.38. The molecule has 5 nitrogen and oxygen atoms in total. The first-order valence-corrected chi connectivity index (χ1v) is 9.06. The largest absolute Gasteiger partial charge is 0.480 e. The number of rotatable bonds is 9. The number of hydrogen-bond acceptors (Lipinski definition) is 3. The van der Waals surface area contributed by atoms with Crippen molar-refractivity contribution in [1.29, 1.82) is 0 Å². The first kappa shape index (κ1) is 20.4. The number of carboxylic acids is 1. The molecule has 0 aliphatic heterocycles. The quantitative estimate of drug-likeness (QED) is 0.712. The van der Waals surface area contributed by atoms with Crippen molar-refractivity contribution < 1.29 is 19.5 Å². The number of carbonyl (C=O) groups is 3. The Morgan fingerprint density at radius 2 is 1.44 bits per heavy atom. The number of aliphatic carboxylic acids is 1. The van der Waals surface area contributed by atoms with E-state index < -0.39 is 23.3 Å². The Labute approximate surface area is 159 Å². The summed E-state index contributed by atoms with van der Waals surface area (Å²) in [6, 6.07) is 17.4. The average Bonchev–Trinajstić information content (AvgIpc) is 2.70. The first-order chi connectivity index (χ1) is 12.9. The van der Waals surface area contributed by atoms with Gasteiger partial charge in [0.2, 0.25) is 5.91 Å². The number of benzene rings is 2. The van der Waals surface area contributed by atoms with E-state index in [0.717, 1.165) is 11.1 Å². The summed E-state index contributed by atoms with van der Waals surface area (Å²) in [4.78, 5) is 36.4. The van der Waals surface area contributed by atoms with Crippen molar-refractivity contribution in [1.82, 2.24) is 5.32 Å². The molecule has 1 atom stereocenters. The number of nitrogens with one attached hydrogen (secondary N) is 1. The molecule has 0 bridgehead atoms. The maximum atomic E-state index is 13.2. The van der Waals surface area contributed by atoms with Gasteiger partial charge in [0, 0.05) is 12.8 Å². The van der Waals surface area contributed by atoms with Crippen LogP contribution in [0.5, 0.6) is 0 Å². The molecule has 0 aliphatic rings. The molecule has 0 saturated carbocycles. The zero-order chi connectivity index (χ0) is 19.9. The Bertz CT molecular complexity index is 747. The normalized spacial score (nSPS) is 12.2. The van der Waals surface area contributed by atoms with E-state index in [9.17, 15) is 19.5 Å². The Hall–Kier alpha value is -2.95. The third kappa shape index (κ3) is 4.82. The summed E-state index contributed by atoms with van der Waals surface area (Å²) in [6.45, 7) is 3.52. The lowest BCUT2D eigenvalue weighted by Gasteiger charge is -2.31. The van der Waals surface area contributed by atoms with E-state index in [4.69, 9.17) is 0 Å². The van der Waals surface area contributed by atoms with Crippen LogP contribution in [0, 0.1) is 0 Å². The van der Waals surface area contributed by atoms with Crippen LogP contribution in [0.15, 0.2) is 60.7 Å². The predicted octanol–water partition coefficient (Wildman–Crippen LogP) is 3.32. The summed E-state index contributed by atoms with van der Waals surface area (Å²) in [5, 5.41) is 12.1. The number of ketones is 1. The molecule has 2 aromatic carbocycles. The van der Waals surface area contributed by atoms with Crippen LogP contribution in [0.1, 0.15) is 44.2 Å². The maximum Gasteiger partial charge on any atom is 0.326 e. The van der Waals surface area contributed by atoms with E-state index in [-0.39, 0.29) is 18.6 Å². The molecular formula is C22H25NO4. The lowest BCUT2D eigenvalue weighted by molar-refractivity contribution is -0.142. The fourth-order valence-corrected chi connectivity index (χ4v) is 3.01. The fourth-order valence-electron chi connectivity index (χ4n) is 3.01. The van der Waals surface area contributed by atoms with Gasteiger partial charge in [-0.25, -0.2) is 4.79 Å². The highest BCUT2D eigenvalue weighted by molar-refractivity contribution is 5.94. The predicted molar refractivity (Wildman–Crippen MR) is 103 cm³/mol. The van der Waals surface area contributed by atoms with Crippen LogP contribution < -0.4 is 5.32 Å². The zero-order valence-electron chi connectivity index (χ0n) is 15.6. The van der Waals surface area contributed by atoms with Gasteiger partial charge in [-0.1, -0.05) is 67.6 Å². The van der Waals surface area contributed by atoms with Gasteiger partial charge in [-0.2, -0.15) is 0 Å². The van der Waals surface area contributed by atoms with Gasteiger partial charge in [-0.3, -0.25) is 9.59 Å². The standard InChI is InChI=1S/C22H25NO4/c1-3-18(24)14-15-19(20(25)26)23-21(27)22(2,16-10-6-4-7-11-16)17-12-8-5-9-13-17/h4-13,19H,3,14-15H2,1-2H3,(H,23,27)(H,25,26)/t19-/m1/s1. The van der Waals surface area contributed by atoms with Gasteiger partial charge >= 0.3 is 5.97 Å². The smallest absolute Gasteiger partial charge is 0.326 e. The van der Waals surface area contributed by atoms with Gasteiger partial charge in [0.05, 0.1) is 5.41 Å². The molecule has 0 radical (unpaired) electrons. The van der Waals surface area contributed by atoms with Crippen molar-refractivity contribution in [3.63, 3.8) is 0 Å². The van der Waals surface area contributed by atoms with Crippen molar-refractivity contribution in [2.24, 2.45) is 0 Å². The van der Waals surface area contributed by atoms with Crippen LogP contribution >= 0.6 is 0 Å². The molecular weight excluding hydrogens is 342 g/mol. The molecule has 142 valence electrons. The SMILES string of the molecule is CCC(=O)CC[C@@H](NC(=O)C(C)(c1ccccc1)c1ccccc1)C(=O)O. The van der Waals surface area contributed by atoms with Crippen LogP contribution in [0.25, 0.3) is 0 Å². The Morgan fingerprint density at radius 1 is 0.963 bits per heavy atom. The lowest BCUT2D eigenvalue weighted by atomic mass is 9.75. The minimum atomic E-state index is -1.14. The van der Waals surface area contributed by atoms with E-state index in [1.807, 2.05) is 60.7 Å². The second-order valence-electron chi connectivity index (χ2n) is 6.65. The lowest BCUT2D eigenvalue weighted by Crippen LogP contribution is -2.50. The molecule has 0 saturated heterocycles. The van der Waals surface area contributed by atoms with Gasteiger partial charge in [-0.05, 0) is 24.5 Å². The number of amides is 1. The summed E-state index contributed by atoms with van der Waals surface area (Å²) in [5.74, 6) is -1.57. The molecule has 5 heteroatoms. The van der Waals surface area contributed by atoms with Gasteiger partial charge < -0.3 is 10.4 Å². The second kappa shape index (κ2) is 9.12. The van der Waals surface area contributed by atoms with Crippen molar-refractivity contribution in [3.8, 4) is 0 Å². The summed E-state index contributed by atoms with van der Waals surface area (Å²) in [6.07, 6.45) is 0.556. The minimum Gasteiger partial charge on any atom is -0.480 e. The maximum absolute atomic E-state index is 13.2. The van der Waals surface area contributed by atoms with Crippen molar-refractivity contribution in [2.45, 2.75) is 44.6 Å². The van der Waals surface area contributed by atoms with Gasteiger partial charge in [0.15, 0.2) is 0 Å². The average molecular weight is 367 g/mol. The molecule has 0 fully saturated rings. The summed E-state index contributed by atoms with van der Waals surface area (Å²) in [5.41, 5.74) is 0.482. The molecule has 0 unspecified atom stereocenters. The van der Waals surface area contributed by atoms with Crippen LogP contribution in [0.4, 0.5) is 0 Å². The summed E-state index contributed by atoms with van der Waals surface area (Å²) in [7, 11) is 0. The Kier molecular flexibility index (Phi) is 6.88. The number of carboxylic acid groups (broad SMARTS) is 1. The van der Waals surface area contributed by atoms with Crippen molar-refractivity contribution in [2.75, 3.05) is 0 Å². The molecule has 1 amide bonds. The highest BCUT2D eigenvalue weighted by Crippen LogP contribution is 2.32. The van der Waals surface area contributed by atoms with E-state index >= 15 is 0 Å². The minimum absolute atomic E-state index is 0.0237. The molecule has 27 heavy (non-hydrogen) atoms. The molecule has 2 rings (SSSR count). The Balaban J connectivity index is 2.34. The van der Waals surface area contributed by atoms with Crippen LogP contribution in [-0.2, 0) is 19.8 Å². The molecule has 0 spiro atoms. The van der Waals surface area contributed by atoms with Crippen LogP contribution in [0.2, 0.25) is 0 Å². The number of hydrogen-bond donors (Lipinski definition) is 2. The van der Waals surface area contributed by atoms with Crippen LogP contribution in [0.3, 0.4) is 0 Å². The monoisotopic (exact) mass is 367 g/mol. The van der Waals surface area contributed by atoms with Gasteiger partial charge in [0.1, 0.15) is 11.8 Å². The molecule has 0 aromatic heterocycles.